The molecule has 0 aliphatic carbocycles. The van der Waals surface area contributed by atoms with Crippen LogP contribution in [0.1, 0.15) is 0 Å². The first kappa shape index (κ1) is 19.7. The summed E-state index contributed by atoms with van der Waals surface area (Å²) in [5.41, 5.74) is 1.74. The third-order valence-corrected chi connectivity index (χ3v) is 5.61. The van der Waals surface area contributed by atoms with Gasteiger partial charge in [0.25, 0.3) is 5.56 Å². The molecule has 0 saturated carbocycles. The van der Waals surface area contributed by atoms with Crippen LogP contribution in [0.5, 0.6) is 0 Å². The summed E-state index contributed by atoms with van der Waals surface area (Å²) in [4.78, 5) is 41.1. The number of aromatic nitrogens is 4. The molecule has 152 valence electrons. The number of carbonyl (C=O) groups excluding carboxylic acids is 1. The Kier molecular flexibility index (Phi) is 5.28. The lowest BCUT2D eigenvalue weighted by Gasteiger charge is -2.11. The molecule has 2 aromatic carbocycles. The Labute approximate surface area is 175 Å². The molecule has 30 heavy (non-hydrogen) atoms. The second-order valence-electron chi connectivity index (χ2n) is 6.66. The fraction of sp³-hybridized carbons (Fsp3) is 0.143. The molecular weight excluding hydrogens is 402 g/mol. The van der Waals surface area contributed by atoms with Gasteiger partial charge in [-0.25, -0.2) is 9.78 Å². The maximum atomic E-state index is 12.5. The number of hydrogen-bond acceptors (Lipinski definition) is 5. The van der Waals surface area contributed by atoms with Crippen LogP contribution in [0.25, 0.3) is 16.7 Å². The van der Waals surface area contributed by atoms with Crippen molar-refractivity contribution in [2.45, 2.75) is 5.16 Å². The molecule has 2 heterocycles. The molecule has 0 aliphatic rings. The van der Waals surface area contributed by atoms with Crippen molar-refractivity contribution in [3.8, 4) is 5.69 Å². The molecule has 4 rings (SSSR count). The van der Waals surface area contributed by atoms with Gasteiger partial charge in [0.2, 0.25) is 5.91 Å². The molecule has 2 aromatic heterocycles. The second kappa shape index (κ2) is 8.03. The summed E-state index contributed by atoms with van der Waals surface area (Å²) >= 11 is 1.28. The lowest BCUT2D eigenvalue weighted by molar-refractivity contribution is -0.113. The molecule has 0 bridgehead atoms. The van der Waals surface area contributed by atoms with E-state index in [4.69, 9.17) is 0 Å². The van der Waals surface area contributed by atoms with Crippen molar-refractivity contribution in [1.82, 2.24) is 18.7 Å². The normalized spacial score (nSPS) is 11.0. The topological polar surface area (TPSA) is 90.9 Å². The molecule has 4 aromatic rings. The summed E-state index contributed by atoms with van der Waals surface area (Å²) < 4.78 is 4.21. The van der Waals surface area contributed by atoms with E-state index < -0.39 is 11.2 Å². The molecule has 0 atom stereocenters. The fourth-order valence-electron chi connectivity index (χ4n) is 3.09. The van der Waals surface area contributed by atoms with Gasteiger partial charge in [-0.15, -0.1) is 0 Å². The first-order valence-electron chi connectivity index (χ1n) is 9.18. The highest BCUT2D eigenvalue weighted by Crippen LogP contribution is 2.27. The van der Waals surface area contributed by atoms with Gasteiger partial charge in [-0.3, -0.25) is 23.3 Å². The van der Waals surface area contributed by atoms with Crippen molar-refractivity contribution in [2.75, 3.05) is 11.1 Å². The van der Waals surface area contributed by atoms with Gasteiger partial charge in [0.15, 0.2) is 5.16 Å². The minimum atomic E-state index is -0.503. The van der Waals surface area contributed by atoms with Crippen LogP contribution in [0.4, 0.5) is 5.82 Å². The van der Waals surface area contributed by atoms with Crippen LogP contribution in [0.2, 0.25) is 0 Å². The molecule has 0 unspecified atom stereocenters. The third kappa shape index (κ3) is 3.67. The summed E-state index contributed by atoms with van der Waals surface area (Å²) in [6, 6.07) is 18.8. The van der Waals surface area contributed by atoms with E-state index in [2.05, 4.69) is 10.3 Å². The highest BCUT2D eigenvalue weighted by molar-refractivity contribution is 7.99. The Morgan fingerprint density at radius 1 is 1.00 bits per heavy atom. The smallest absolute Gasteiger partial charge is 0.311 e. The van der Waals surface area contributed by atoms with Crippen LogP contribution in [-0.4, -0.2) is 30.3 Å². The van der Waals surface area contributed by atoms with Crippen molar-refractivity contribution < 1.29 is 4.79 Å². The number of fused-ring (bicyclic) bond motifs is 1. The van der Waals surface area contributed by atoms with Crippen molar-refractivity contribution >= 4 is 34.5 Å². The number of benzene rings is 2. The van der Waals surface area contributed by atoms with Gasteiger partial charge >= 0.3 is 5.69 Å². The van der Waals surface area contributed by atoms with E-state index in [0.717, 1.165) is 21.3 Å². The molecule has 1 N–H and O–H groups in total. The zero-order valence-corrected chi connectivity index (χ0v) is 17.2. The Balaban J connectivity index is 1.60. The average molecular weight is 421 g/mol. The van der Waals surface area contributed by atoms with Crippen molar-refractivity contribution in [1.29, 1.82) is 0 Å². The van der Waals surface area contributed by atoms with Gasteiger partial charge in [-0.05, 0) is 24.3 Å². The molecule has 8 nitrogen and oxygen atoms in total. The van der Waals surface area contributed by atoms with E-state index in [9.17, 15) is 14.4 Å². The maximum Gasteiger partial charge on any atom is 0.332 e. The first-order valence-corrected chi connectivity index (χ1v) is 10.2. The predicted octanol–water partition coefficient (Wildman–Crippen LogP) is 2.15. The van der Waals surface area contributed by atoms with Gasteiger partial charge in [-0.2, -0.15) is 0 Å². The quantitative estimate of drug-likeness (QED) is 0.499. The molecule has 0 fully saturated rings. The van der Waals surface area contributed by atoms with Gasteiger partial charge in [0, 0.05) is 25.8 Å². The molecule has 0 aliphatic heterocycles. The highest BCUT2D eigenvalue weighted by Gasteiger charge is 2.15. The summed E-state index contributed by atoms with van der Waals surface area (Å²) in [6.07, 6.45) is 0. The number of para-hydroxylation sites is 3. The standard InChI is InChI=1S/C21H19N5O3S/c1-24-17(12-19(28)25(2)21(24)29)23-18(27)13-30-20-22-15-10-6-7-11-16(15)26(20)14-8-4-3-5-9-14/h3-12H,13H2,1-2H3,(H,23,27). The number of nitrogens with zero attached hydrogens (tertiary/aromatic N) is 4. The van der Waals surface area contributed by atoms with Gasteiger partial charge < -0.3 is 5.32 Å². The van der Waals surface area contributed by atoms with E-state index in [-0.39, 0.29) is 17.5 Å². The number of amides is 1. The molecule has 0 saturated heterocycles. The van der Waals surface area contributed by atoms with Crippen LogP contribution < -0.4 is 16.6 Å². The van der Waals surface area contributed by atoms with Gasteiger partial charge in [0.05, 0.1) is 16.8 Å². The zero-order chi connectivity index (χ0) is 21.3. The monoisotopic (exact) mass is 421 g/mol. The summed E-state index contributed by atoms with van der Waals surface area (Å²) in [5.74, 6) is -0.111. The highest BCUT2D eigenvalue weighted by atomic mass is 32.2. The molecule has 1 amide bonds. The van der Waals surface area contributed by atoms with E-state index in [1.165, 1.54) is 36.5 Å². The maximum absolute atomic E-state index is 12.5. The first-order chi connectivity index (χ1) is 14.5. The Hall–Kier alpha value is -3.59. The zero-order valence-electron chi connectivity index (χ0n) is 16.4. The summed E-state index contributed by atoms with van der Waals surface area (Å²) in [5, 5.41) is 3.31. The molecular formula is C21H19N5O3S. The van der Waals surface area contributed by atoms with Crippen LogP contribution in [0.3, 0.4) is 0 Å². The molecule has 9 heteroatoms. The fourth-order valence-corrected chi connectivity index (χ4v) is 3.92. The van der Waals surface area contributed by atoms with E-state index in [1.54, 1.807) is 0 Å². The van der Waals surface area contributed by atoms with Crippen LogP contribution >= 0.6 is 11.8 Å². The van der Waals surface area contributed by atoms with E-state index >= 15 is 0 Å². The lowest BCUT2D eigenvalue weighted by Crippen LogP contribution is -2.38. The third-order valence-electron chi connectivity index (χ3n) is 4.67. The van der Waals surface area contributed by atoms with Crippen LogP contribution in [0, 0.1) is 0 Å². The number of thioether (sulfide) groups is 1. The number of imidazole rings is 1. The van der Waals surface area contributed by atoms with Crippen molar-refractivity contribution in [3.63, 3.8) is 0 Å². The SMILES string of the molecule is Cn1c(NC(=O)CSc2nc3ccccc3n2-c2ccccc2)cc(=O)n(C)c1=O. The number of rotatable bonds is 5. The van der Waals surface area contributed by atoms with Crippen LogP contribution in [-0.2, 0) is 18.9 Å². The van der Waals surface area contributed by atoms with Gasteiger partial charge in [-0.1, -0.05) is 42.1 Å². The minimum Gasteiger partial charge on any atom is -0.311 e. The van der Waals surface area contributed by atoms with E-state index in [1.807, 2.05) is 59.2 Å². The summed E-state index contributed by atoms with van der Waals surface area (Å²) in [6.45, 7) is 0. The molecule has 0 radical (unpaired) electrons. The molecule has 0 spiro atoms. The summed E-state index contributed by atoms with van der Waals surface area (Å²) in [7, 11) is 2.89. The average Bonchev–Trinajstić information content (AvgIpc) is 3.13. The van der Waals surface area contributed by atoms with Crippen LogP contribution in [0.15, 0.2) is 75.4 Å². The number of anilines is 1. The minimum absolute atomic E-state index is 0.0690. The lowest BCUT2D eigenvalue weighted by atomic mass is 10.3. The number of nitrogens with one attached hydrogen (secondary N) is 1. The number of hydrogen-bond donors (Lipinski definition) is 1. The largest absolute Gasteiger partial charge is 0.332 e. The Morgan fingerprint density at radius 2 is 1.70 bits per heavy atom. The van der Waals surface area contributed by atoms with Crippen molar-refractivity contribution in [2.24, 2.45) is 14.1 Å². The van der Waals surface area contributed by atoms with Gasteiger partial charge in [0.1, 0.15) is 5.82 Å². The van der Waals surface area contributed by atoms with E-state index in [0.29, 0.717) is 5.16 Å². The number of carbonyl (C=O) groups is 1. The predicted molar refractivity (Wildman–Crippen MR) is 117 cm³/mol. The Morgan fingerprint density at radius 3 is 2.47 bits per heavy atom. The Bertz CT molecular complexity index is 1350. The van der Waals surface area contributed by atoms with Crippen molar-refractivity contribution in [3.05, 3.63) is 81.5 Å². The second-order valence-corrected chi connectivity index (χ2v) is 7.60.